The van der Waals surface area contributed by atoms with Gasteiger partial charge in [0, 0.05) is 5.92 Å². The normalized spacial score (nSPS) is 15.0. The summed E-state index contributed by atoms with van der Waals surface area (Å²) in [6, 6.07) is 4.31. The zero-order valence-corrected chi connectivity index (χ0v) is 15.5. The van der Waals surface area contributed by atoms with Crippen molar-refractivity contribution in [2.24, 2.45) is 0 Å². The highest BCUT2D eigenvalue weighted by atomic mass is 35.5. The Balaban J connectivity index is 1.52. The Labute approximate surface area is 152 Å². The molecule has 1 aliphatic carbocycles. The van der Waals surface area contributed by atoms with Crippen LogP contribution in [0.1, 0.15) is 29.6 Å². The van der Waals surface area contributed by atoms with Crippen molar-refractivity contribution in [3.63, 3.8) is 0 Å². The lowest BCUT2D eigenvalue weighted by molar-refractivity contribution is 0.414. The van der Waals surface area contributed by atoms with Gasteiger partial charge in [-0.15, -0.1) is 10.2 Å². The molecule has 8 nitrogen and oxygen atoms in total. The average molecular weight is 400 g/mol. The highest BCUT2D eigenvalue weighted by molar-refractivity contribution is 7.89. The molecule has 25 heavy (non-hydrogen) atoms. The summed E-state index contributed by atoms with van der Waals surface area (Å²) in [7, 11) is -2.24. The maximum Gasteiger partial charge on any atom is 0.241 e. The zero-order valence-electron chi connectivity index (χ0n) is 13.1. The van der Waals surface area contributed by atoms with Gasteiger partial charge in [0.25, 0.3) is 0 Å². The molecule has 0 unspecified atom stereocenters. The minimum Gasteiger partial charge on any atom is -0.495 e. The average Bonchev–Trinajstić information content (AvgIpc) is 3.22. The maximum atomic E-state index is 12.4. The second-order valence-corrected chi connectivity index (χ2v) is 8.86. The van der Waals surface area contributed by atoms with Gasteiger partial charge < -0.3 is 4.74 Å². The van der Waals surface area contributed by atoms with Crippen molar-refractivity contribution in [1.82, 2.24) is 24.5 Å². The molecule has 0 atom stereocenters. The van der Waals surface area contributed by atoms with Crippen LogP contribution in [-0.4, -0.2) is 35.3 Å². The monoisotopic (exact) mass is 399 g/mol. The lowest BCUT2D eigenvalue weighted by Crippen LogP contribution is -2.23. The van der Waals surface area contributed by atoms with Crippen molar-refractivity contribution in [2.75, 3.05) is 7.11 Å². The van der Waals surface area contributed by atoms with Gasteiger partial charge in [-0.1, -0.05) is 22.9 Å². The molecule has 1 saturated carbocycles. The van der Waals surface area contributed by atoms with E-state index in [-0.39, 0.29) is 16.5 Å². The molecular formula is C14H14ClN5O3S2. The first-order valence-corrected chi connectivity index (χ1v) is 10.2. The van der Waals surface area contributed by atoms with Crippen molar-refractivity contribution in [2.45, 2.75) is 30.2 Å². The summed E-state index contributed by atoms with van der Waals surface area (Å²) < 4.78 is 34.1. The minimum absolute atomic E-state index is 0.0694. The molecule has 4 rings (SSSR count). The molecule has 0 radical (unpaired) electrons. The molecule has 1 aliphatic rings. The van der Waals surface area contributed by atoms with Crippen LogP contribution in [0, 0.1) is 0 Å². The van der Waals surface area contributed by atoms with E-state index in [1.54, 1.807) is 4.52 Å². The number of ether oxygens (including phenoxy) is 1. The van der Waals surface area contributed by atoms with E-state index in [0.29, 0.717) is 21.6 Å². The highest BCUT2D eigenvalue weighted by Crippen LogP contribution is 2.39. The van der Waals surface area contributed by atoms with Crippen molar-refractivity contribution in [3.05, 3.63) is 34.1 Å². The lowest BCUT2D eigenvalue weighted by atomic mass is 10.3. The van der Waals surface area contributed by atoms with Crippen molar-refractivity contribution in [3.8, 4) is 5.75 Å². The van der Waals surface area contributed by atoms with Gasteiger partial charge in [-0.25, -0.2) is 13.1 Å². The van der Waals surface area contributed by atoms with Crippen LogP contribution < -0.4 is 9.46 Å². The quantitative estimate of drug-likeness (QED) is 0.682. The van der Waals surface area contributed by atoms with E-state index in [1.807, 2.05) is 0 Å². The fraction of sp³-hybridized carbons (Fsp3) is 0.357. The molecule has 1 fully saturated rings. The first-order chi connectivity index (χ1) is 12.0. The minimum atomic E-state index is -3.71. The smallest absolute Gasteiger partial charge is 0.241 e. The highest BCUT2D eigenvalue weighted by Gasteiger charge is 2.30. The third kappa shape index (κ3) is 3.22. The third-order valence-electron chi connectivity index (χ3n) is 3.85. The largest absolute Gasteiger partial charge is 0.495 e. The number of fused-ring (bicyclic) bond motifs is 1. The van der Waals surface area contributed by atoms with Gasteiger partial charge in [-0.2, -0.15) is 9.61 Å². The van der Waals surface area contributed by atoms with E-state index < -0.39 is 10.0 Å². The van der Waals surface area contributed by atoms with E-state index in [4.69, 9.17) is 16.3 Å². The topological polar surface area (TPSA) is 98.5 Å². The van der Waals surface area contributed by atoms with Crippen molar-refractivity contribution < 1.29 is 13.2 Å². The van der Waals surface area contributed by atoms with Crippen LogP contribution in [-0.2, 0) is 16.6 Å². The molecule has 3 aromatic rings. The SMILES string of the molecule is COc1ccc(S(=O)(=O)NCc2nn3c(C4CC4)nnc3s2)cc1Cl. The van der Waals surface area contributed by atoms with Gasteiger partial charge in [-0.3, -0.25) is 0 Å². The van der Waals surface area contributed by atoms with Gasteiger partial charge in [-0.05, 0) is 31.0 Å². The molecule has 0 saturated heterocycles. The van der Waals surface area contributed by atoms with Crippen LogP contribution in [0.5, 0.6) is 5.75 Å². The Bertz CT molecular complexity index is 1040. The molecule has 11 heteroatoms. The van der Waals surface area contributed by atoms with Crippen LogP contribution in [0.2, 0.25) is 5.02 Å². The Hall–Kier alpha value is -1.75. The van der Waals surface area contributed by atoms with Gasteiger partial charge >= 0.3 is 0 Å². The number of rotatable bonds is 6. The molecule has 0 bridgehead atoms. The Morgan fingerprint density at radius 2 is 2.20 bits per heavy atom. The predicted octanol–water partition coefficient (Wildman–Crippen LogP) is 2.20. The fourth-order valence-corrected chi connectivity index (χ4v) is 4.60. The van der Waals surface area contributed by atoms with Crippen LogP contribution >= 0.6 is 22.9 Å². The number of hydrogen-bond donors (Lipinski definition) is 1. The van der Waals surface area contributed by atoms with Gasteiger partial charge in [0.1, 0.15) is 10.8 Å². The van der Waals surface area contributed by atoms with Gasteiger partial charge in [0.2, 0.25) is 15.0 Å². The van der Waals surface area contributed by atoms with Crippen molar-refractivity contribution in [1.29, 1.82) is 0 Å². The van der Waals surface area contributed by atoms with E-state index in [0.717, 1.165) is 18.7 Å². The first-order valence-electron chi connectivity index (χ1n) is 7.52. The Morgan fingerprint density at radius 1 is 1.40 bits per heavy atom. The second-order valence-electron chi connectivity index (χ2n) is 5.64. The maximum absolute atomic E-state index is 12.4. The van der Waals surface area contributed by atoms with Gasteiger partial charge in [0.05, 0.1) is 23.6 Å². The summed E-state index contributed by atoms with van der Waals surface area (Å²) in [6.07, 6.45) is 2.19. The van der Waals surface area contributed by atoms with Crippen LogP contribution in [0.25, 0.3) is 4.96 Å². The number of aromatic nitrogens is 4. The van der Waals surface area contributed by atoms with Crippen LogP contribution in [0.4, 0.5) is 0 Å². The molecule has 0 spiro atoms. The predicted molar refractivity (Wildman–Crippen MR) is 92.7 cm³/mol. The number of benzene rings is 1. The van der Waals surface area contributed by atoms with E-state index >= 15 is 0 Å². The van der Waals surface area contributed by atoms with Crippen LogP contribution in [0.3, 0.4) is 0 Å². The molecule has 2 aromatic heterocycles. The number of methoxy groups -OCH3 is 1. The zero-order chi connectivity index (χ0) is 17.6. The molecule has 132 valence electrons. The Morgan fingerprint density at radius 3 is 2.88 bits per heavy atom. The number of sulfonamides is 1. The first kappa shape index (κ1) is 16.7. The van der Waals surface area contributed by atoms with Crippen molar-refractivity contribution >= 4 is 37.9 Å². The van der Waals surface area contributed by atoms with E-state index in [2.05, 4.69) is 20.0 Å². The molecule has 0 aliphatic heterocycles. The lowest BCUT2D eigenvalue weighted by Gasteiger charge is -2.07. The molecule has 1 N–H and O–H groups in total. The third-order valence-corrected chi connectivity index (χ3v) is 6.44. The summed E-state index contributed by atoms with van der Waals surface area (Å²) in [6.45, 7) is 0.0735. The number of hydrogen-bond acceptors (Lipinski definition) is 7. The number of halogens is 1. The molecule has 2 heterocycles. The van der Waals surface area contributed by atoms with E-state index in [9.17, 15) is 8.42 Å². The second kappa shape index (κ2) is 6.20. The van der Waals surface area contributed by atoms with Crippen LogP contribution in [0.15, 0.2) is 23.1 Å². The molecule has 0 amide bonds. The number of nitrogens with zero attached hydrogens (tertiary/aromatic N) is 4. The molecular weight excluding hydrogens is 386 g/mol. The summed E-state index contributed by atoms with van der Waals surface area (Å²) in [4.78, 5) is 0.739. The summed E-state index contributed by atoms with van der Waals surface area (Å²) in [5, 5.41) is 13.5. The summed E-state index contributed by atoms with van der Waals surface area (Å²) in [5.41, 5.74) is 0. The Kier molecular flexibility index (Phi) is 4.14. The summed E-state index contributed by atoms with van der Waals surface area (Å²) >= 11 is 7.31. The standard InChI is InChI=1S/C14H14ClN5O3S2/c1-23-11-5-4-9(6-10(11)15)25(21,22)16-7-12-19-20-13(8-2-3-8)17-18-14(20)24-12/h4-6,8,16H,2-3,7H2,1H3. The molecule has 1 aromatic carbocycles. The van der Waals surface area contributed by atoms with Gasteiger partial charge in [0.15, 0.2) is 5.82 Å². The number of nitrogens with one attached hydrogen (secondary N) is 1. The summed E-state index contributed by atoms with van der Waals surface area (Å²) in [5.74, 6) is 1.69. The fourth-order valence-electron chi connectivity index (χ4n) is 2.39. The van der Waals surface area contributed by atoms with E-state index in [1.165, 1.54) is 36.6 Å².